The number of aromatic nitrogens is 5. The first-order valence-corrected chi connectivity index (χ1v) is 20.8. The van der Waals surface area contributed by atoms with E-state index in [2.05, 4.69) is 65.2 Å². The molecule has 16 heteroatoms. The predicted molar refractivity (Wildman–Crippen MR) is 219 cm³/mol. The third kappa shape index (κ3) is 8.42. The number of ether oxygens (including phenoxy) is 1. The van der Waals surface area contributed by atoms with E-state index in [0.29, 0.717) is 56.2 Å². The van der Waals surface area contributed by atoms with E-state index in [1.165, 1.54) is 11.1 Å². The summed E-state index contributed by atoms with van der Waals surface area (Å²) in [5.74, 6) is 1.87. The van der Waals surface area contributed by atoms with E-state index >= 15 is 0 Å². The van der Waals surface area contributed by atoms with Gasteiger partial charge in [0.1, 0.15) is 18.3 Å². The number of carbonyl (C=O) groups is 3. The number of nitrogens with one attached hydrogen (secondary N) is 4. The second kappa shape index (κ2) is 16.6. The summed E-state index contributed by atoms with van der Waals surface area (Å²) in [4.78, 5) is 57.6. The van der Waals surface area contributed by atoms with Crippen molar-refractivity contribution in [2.45, 2.75) is 76.9 Å². The zero-order chi connectivity index (χ0) is 39.6. The van der Waals surface area contributed by atoms with Crippen LogP contribution in [0.3, 0.4) is 0 Å². The minimum absolute atomic E-state index is 0.211. The average molecular weight is 789 g/mol. The van der Waals surface area contributed by atoms with Crippen LogP contribution in [-0.4, -0.2) is 111 Å². The fourth-order valence-electron chi connectivity index (χ4n) is 8.98. The number of likely N-dealkylation sites (tertiary alicyclic amines) is 2. The lowest BCUT2D eigenvalue weighted by molar-refractivity contribution is -0.135. The number of piperidine rings is 3. The molecular formula is C42H52N12O4. The van der Waals surface area contributed by atoms with Gasteiger partial charge in [-0.2, -0.15) is 5.10 Å². The number of rotatable bonds is 10. The van der Waals surface area contributed by atoms with Gasteiger partial charge in [-0.05, 0) is 93.6 Å². The molecule has 0 spiro atoms. The third-order valence-corrected chi connectivity index (χ3v) is 12.4. The van der Waals surface area contributed by atoms with Crippen molar-refractivity contribution in [1.82, 2.24) is 39.8 Å². The van der Waals surface area contributed by atoms with Crippen LogP contribution in [0.4, 0.5) is 28.7 Å². The fraction of sp³-hybridized carbons (Fsp3) is 0.500. The normalized spacial score (nSPS) is 20.4. The summed E-state index contributed by atoms with van der Waals surface area (Å²) in [6.45, 7) is 9.69. The molecule has 0 radical (unpaired) electrons. The molecule has 16 nitrogen and oxygen atoms in total. The summed E-state index contributed by atoms with van der Waals surface area (Å²) in [5, 5.41) is 17.1. The van der Waals surface area contributed by atoms with Gasteiger partial charge in [0.05, 0.1) is 42.6 Å². The molecule has 4 N–H and O–H groups in total. The highest BCUT2D eigenvalue weighted by Gasteiger charge is 2.29. The van der Waals surface area contributed by atoms with Crippen molar-refractivity contribution in [1.29, 1.82) is 0 Å². The SMILES string of the molecule is Cc1c(N2CCc3cnc(Nc4cnn(CC5CCN(C(=O)CN6CCC(c7ccc(NC8CCC(=O)NC8=O)cc7)CC6)CC5)c4)nc3C2)cnc2c1NCCO2. The maximum absolute atomic E-state index is 13.3. The Morgan fingerprint density at radius 2 is 1.76 bits per heavy atom. The van der Waals surface area contributed by atoms with Gasteiger partial charge in [0.2, 0.25) is 29.5 Å². The minimum Gasteiger partial charge on any atom is -0.474 e. The first-order valence-electron chi connectivity index (χ1n) is 20.8. The molecule has 3 saturated heterocycles. The number of benzene rings is 1. The highest BCUT2D eigenvalue weighted by molar-refractivity contribution is 6.01. The summed E-state index contributed by atoms with van der Waals surface area (Å²) in [6, 6.07) is 7.91. The van der Waals surface area contributed by atoms with Gasteiger partial charge in [-0.3, -0.25) is 29.3 Å². The van der Waals surface area contributed by atoms with Crippen LogP contribution in [0, 0.1) is 12.8 Å². The van der Waals surface area contributed by atoms with Crippen LogP contribution in [0.25, 0.3) is 0 Å². The largest absolute Gasteiger partial charge is 0.474 e. The fourth-order valence-corrected chi connectivity index (χ4v) is 8.98. The van der Waals surface area contributed by atoms with Crippen molar-refractivity contribution in [3.63, 3.8) is 0 Å². The molecule has 0 bridgehead atoms. The first kappa shape index (κ1) is 37.8. The second-order valence-electron chi connectivity index (χ2n) is 16.3. The Bertz CT molecular complexity index is 2140. The van der Waals surface area contributed by atoms with E-state index in [1.807, 2.05) is 46.5 Å². The summed E-state index contributed by atoms with van der Waals surface area (Å²) < 4.78 is 7.72. The van der Waals surface area contributed by atoms with Gasteiger partial charge in [0.15, 0.2) is 0 Å². The number of pyridine rings is 1. The average Bonchev–Trinajstić information content (AvgIpc) is 3.68. The molecule has 0 aliphatic carbocycles. The number of nitrogens with zero attached hydrogens (tertiary/aromatic N) is 8. The number of anilines is 5. The number of amides is 3. The summed E-state index contributed by atoms with van der Waals surface area (Å²) in [6.07, 6.45) is 13.3. The van der Waals surface area contributed by atoms with Gasteiger partial charge < -0.3 is 30.5 Å². The van der Waals surface area contributed by atoms with E-state index in [0.717, 1.165) is 112 Å². The minimum atomic E-state index is -0.386. The molecule has 5 aliphatic rings. The molecule has 5 aliphatic heterocycles. The van der Waals surface area contributed by atoms with Crippen molar-refractivity contribution >= 4 is 46.4 Å². The number of carbonyl (C=O) groups excluding carboxylic acids is 3. The Morgan fingerprint density at radius 1 is 0.931 bits per heavy atom. The Labute approximate surface area is 338 Å². The van der Waals surface area contributed by atoms with Gasteiger partial charge in [-0.15, -0.1) is 0 Å². The Balaban J connectivity index is 0.704. The molecule has 4 aromatic rings. The predicted octanol–water partition coefficient (Wildman–Crippen LogP) is 3.82. The van der Waals surface area contributed by atoms with Crippen LogP contribution < -0.4 is 30.9 Å². The molecule has 304 valence electrons. The lowest BCUT2D eigenvalue weighted by atomic mass is 9.89. The Hall–Kier alpha value is -5.77. The van der Waals surface area contributed by atoms with Crippen molar-refractivity contribution in [3.8, 4) is 5.88 Å². The maximum Gasteiger partial charge on any atom is 0.249 e. The highest BCUT2D eigenvalue weighted by Crippen LogP contribution is 2.36. The van der Waals surface area contributed by atoms with Crippen molar-refractivity contribution in [2.75, 3.05) is 73.3 Å². The number of hydrogen-bond acceptors (Lipinski definition) is 13. The molecule has 58 heavy (non-hydrogen) atoms. The van der Waals surface area contributed by atoms with Crippen LogP contribution in [-0.2, 0) is 33.9 Å². The topological polar surface area (TPSA) is 175 Å². The van der Waals surface area contributed by atoms with Gasteiger partial charge in [0.25, 0.3) is 0 Å². The lowest BCUT2D eigenvalue weighted by Crippen LogP contribution is -2.47. The van der Waals surface area contributed by atoms with Crippen LogP contribution in [0.2, 0.25) is 0 Å². The summed E-state index contributed by atoms with van der Waals surface area (Å²) in [7, 11) is 0. The maximum atomic E-state index is 13.3. The van der Waals surface area contributed by atoms with Gasteiger partial charge in [-0.1, -0.05) is 12.1 Å². The summed E-state index contributed by atoms with van der Waals surface area (Å²) in [5.41, 5.74) is 8.39. The molecule has 3 fully saturated rings. The number of hydrogen-bond donors (Lipinski definition) is 4. The van der Waals surface area contributed by atoms with Crippen LogP contribution >= 0.6 is 0 Å². The molecule has 1 unspecified atom stereocenters. The standard InChI is InChI=1S/C42H52N12O4/c1-27-36(22-44-41-39(27)43-13-19-58-41)53-18-12-31-20-45-42(49-35(31)25-53)48-33-21-46-54(24-33)23-28-8-16-52(17-9-28)38(56)26-51-14-10-30(11-15-51)29-2-4-32(5-3-29)47-34-6-7-37(55)50-40(34)57/h2-5,20-22,24,28,30,34,43,47H,6-19,23,25-26H2,1H3,(H,45,48,49)(H,50,55,57). The monoisotopic (exact) mass is 788 g/mol. The van der Waals surface area contributed by atoms with Crippen LogP contribution in [0.5, 0.6) is 5.88 Å². The molecule has 9 rings (SSSR count). The van der Waals surface area contributed by atoms with Crippen molar-refractivity contribution in [2.24, 2.45) is 5.92 Å². The molecule has 8 heterocycles. The highest BCUT2D eigenvalue weighted by atomic mass is 16.5. The molecule has 1 atom stereocenters. The number of fused-ring (bicyclic) bond motifs is 2. The number of imide groups is 1. The van der Waals surface area contributed by atoms with Gasteiger partial charge >= 0.3 is 0 Å². The zero-order valence-electron chi connectivity index (χ0n) is 33.1. The second-order valence-corrected chi connectivity index (χ2v) is 16.3. The van der Waals surface area contributed by atoms with E-state index < -0.39 is 0 Å². The molecule has 1 aromatic carbocycles. The molecule has 0 saturated carbocycles. The van der Waals surface area contributed by atoms with Crippen LogP contribution in [0.1, 0.15) is 66.8 Å². The van der Waals surface area contributed by atoms with E-state index in [4.69, 9.17) is 9.72 Å². The third-order valence-electron chi connectivity index (χ3n) is 12.4. The summed E-state index contributed by atoms with van der Waals surface area (Å²) >= 11 is 0. The quantitative estimate of drug-likeness (QED) is 0.171. The Kier molecular flexibility index (Phi) is 10.8. The molecule has 3 amide bonds. The molecular weight excluding hydrogens is 737 g/mol. The van der Waals surface area contributed by atoms with Crippen LogP contribution in [0.15, 0.2) is 49.1 Å². The van der Waals surface area contributed by atoms with Gasteiger partial charge in [0, 0.05) is 62.8 Å². The van der Waals surface area contributed by atoms with E-state index in [1.54, 1.807) is 0 Å². The van der Waals surface area contributed by atoms with E-state index in [-0.39, 0.29) is 23.8 Å². The van der Waals surface area contributed by atoms with Gasteiger partial charge in [-0.25, -0.2) is 15.0 Å². The van der Waals surface area contributed by atoms with Crippen molar-refractivity contribution in [3.05, 3.63) is 71.4 Å². The molecule has 3 aromatic heterocycles. The Morgan fingerprint density at radius 3 is 2.57 bits per heavy atom. The van der Waals surface area contributed by atoms with Crippen molar-refractivity contribution < 1.29 is 19.1 Å². The lowest BCUT2D eigenvalue weighted by Gasteiger charge is -2.36. The van der Waals surface area contributed by atoms with E-state index in [9.17, 15) is 14.4 Å². The zero-order valence-corrected chi connectivity index (χ0v) is 33.1. The first-order chi connectivity index (χ1) is 28.3. The smallest absolute Gasteiger partial charge is 0.249 e.